The van der Waals surface area contributed by atoms with Gasteiger partial charge in [-0.15, -0.1) is 0 Å². The lowest BCUT2D eigenvalue weighted by Gasteiger charge is -2.25. The fraction of sp³-hybridized carbons (Fsp3) is 0.438. The molecule has 1 aromatic rings. The summed E-state index contributed by atoms with van der Waals surface area (Å²) >= 11 is 0. The summed E-state index contributed by atoms with van der Waals surface area (Å²) in [5.74, 6) is 4.29. The molecule has 5 heteroatoms. The third-order valence-electron chi connectivity index (χ3n) is 2.64. The quantitative estimate of drug-likeness (QED) is 0.813. The minimum atomic E-state index is -0.628. The minimum absolute atomic E-state index is 0.0353. The summed E-state index contributed by atoms with van der Waals surface area (Å²) < 4.78 is 19.0. The Hall–Kier alpha value is -1.90. The minimum Gasteiger partial charge on any atom is -0.395 e. The molecule has 0 heterocycles. The molecule has 0 fully saturated rings. The molecule has 0 atom stereocenters. The molecule has 0 radical (unpaired) electrons. The number of aliphatic hydroxyl groups excluding tert-OH is 1. The van der Waals surface area contributed by atoms with Gasteiger partial charge in [-0.05, 0) is 32.0 Å². The average molecular weight is 293 g/mol. The molecule has 0 aliphatic carbocycles. The molecule has 1 rings (SSSR count). The molecule has 0 aliphatic heterocycles. The summed E-state index contributed by atoms with van der Waals surface area (Å²) in [6, 6.07) is 4.19. The van der Waals surface area contributed by atoms with Crippen LogP contribution in [0.2, 0.25) is 0 Å². The number of nitrogens with one attached hydrogen (secondary N) is 1. The summed E-state index contributed by atoms with van der Waals surface area (Å²) in [7, 11) is 1.54. The highest BCUT2D eigenvalue weighted by Gasteiger charge is 2.22. The zero-order valence-corrected chi connectivity index (χ0v) is 12.5. The van der Waals surface area contributed by atoms with Crippen LogP contribution in [0, 0.1) is 17.7 Å². The molecular formula is C16H20FNO3. The maximum absolute atomic E-state index is 14.0. The summed E-state index contributed by atoms with van der Waals surface area (Å²) in [5.41, 5.74) is -0.154. The van der Waals surface area contributed by atoms with E-state index in [4.69, 9.17) is 9.84 Å². The summed E-state index contributed by atoms with van der Waals surface area (Å²) in [6.07, 6.45) is 0.328. The lowest BCUT2D eigenvalue weighted by molar-refractivity contribution is 0.0816. The number of ether oxygens (including phenoxy) is 1. The van der Waals surface area contributed by atoms with E-state index in [-0.39, 0.29) is 12.2 Å². The standard InChI is InChI=1S/C16H20FNO3/c1-16(2,11-21-3)18-15(20)13-8-7-12(10-14(13)17)6-4-5-9-19/h7-8,10,19H,5,9,11H2,1-3H3,(H,18,20). The van der Waals surface area contributed by atoms with E-state index >= 15 is 0 Å². The van der Waals surface area contributed by atoms with Crippen molar-refractivity contribution in [3.8, 4) is 11.8 Å². The number of hydrogen-bond donors (Lipinski definition) is 2. The second-order valence-electron chi connectivity index (χ2n) is 5.24. The van der Waals surface area contributed by atoms with Crippen molar-refractivity contribution in [2.24, 2.45) is 0 Å². The number of hydrogen-bond acceptors (Lipinski definition) is 3. The van der Waals surface area contributed by atoms with Crippen LogP contribution in [-0.2, 0) is 4.74 Å². The molecule has 2 N–H and O–H groups in total. The van der Waals surface area contributed by atoms with E-state index in [1.807, 2.05) is 0 Å². The van der Waals surface area contributed by atoms with E-state index in [2.05, 4.69) is 17.2 Å². The first-order valence-electron chi connectivity index (χ1n) is 6.60. The Labute approximate surface area is 124 Å². The predicted octanol–water partition coefficient (Wildman–Crippen LogP) is 1.71. The fourth-order valence-electron chi connectivity index (χ4n) is 1.77. The molecule has 1 amide bonds. The summed E-state index contributed by atoms with van der Waals surface area (Å²) in [6.45, 7) is 3.87. The van der Waals surface area contributed by atoms with Gasteiger partial charge in [-0.2, -0.15) is 0 Å². The van der Waals surface area contributed by atoms with Gasteiger partial charge in [-0.3, -0.25) is 4.79 Å². The highest BCUT2D eigenvalue weighted by molar-refractivity contribution is 5.95. The largest absolute Gasteiger partial charge is 0.395 e. The molecule has 0 unspecified atom stereocenters. The second kappa shape index (κ2) is 7.77. The highest BCUT2D eigenvalue weighted by atomic mass is 19.1. The van der Waals surface area contributed by atoms with Gasteiger partial charge in [0, 0.05) is 19.1 Å². The Morgan fingerprint density at radius 3 is 2.76 bits per heavy atom. The van der Waals surface area contributed by atoms with Crippen LogP contribution in [0.1, 0.15) is 36.2 Å². The van der Waals surface area contributed by atoms with E-state index in [1.54, 1.807) is 19.9 Å². The van der Waals surface area contributed by atoms with Crippen molar-refractivity contribution >= 4 is 5.91 Å². The normalized spacial score (nSPS) is 10.7. The van der Waals surface area contributed by atoms with E-state index < -0.39 is 17.3 Å². The van der Waals surface area contributed by atoms with Crippen LogP contribution in [0.25, 0.3) is 0 Å². The van der Waals surface area contributed by atoms with Crippen LogP contribution in [0.3, 0.4) is 0 Å². The molecule has 0 aliphatic rings. The third kappa shape index (κ3) is 5.54. The van der Waals surface area contributed by atoms with Crippen molar-refractivity contribution in [2.45, 2.75) is 25.8 Å². The second-order valence-corrected chi connectivity index (χ2v) is 5.24. The molecule has 0 saturated heterocycles. The Morgan fingerprint density at radius 1 is 1.48 bits per heavy atom. The smallest absolute Gasteiger partial charge is 0.254 e. The van der Waals surface area contributed by atoms with E-state index in [1.165, 1.54) is 19.2 Å². The molecule has 0 bridgehead atoms. The molecule has 0 aromatic heterocycles. The Bertz CT molecular complexity index is 558. The SMILES string of the molecule is COCC(C)(C)NC(=O)c1ccc(C#CCCO)cc1F. The van der Waals surface area contributed by atoms with Crippen LogP contribution < -0.4 is 5.32 Å². The van der Waals surface area contributed by atoms with Crippen LogP contribution in [0.4, 0.5) is 4.39 Å². The molecule has 1 aromatic carbocycles. The first kappa shape index (κ1) is 17.2. The lowest BCUT2D eigenvalue weighted by atomic mass is 10.0. The third-order valence-corrected chi connectivity index (χ3v) is 2.64. The van der Waals surface area contributed by atoms with Crippen molar-refractivity contribution in [1.82, 2.24) is 5.32 Å². The van der Waals surface area contributed by atoms with Crippen molar-refractivity contribution in [1.29, 1.82) is 0 Å². The zero-order valence-electron chi connectivity index (χ0n) is 12.5. The molecule has 0 spiro atoms. The van der Waals surface area contributed by atoms with Gasteiger partial charge >= 0.3 is 0 Å². The van der Waals surface area contributed by atoms with Crippen LogP contribution in [-0.4, -0.2) is 36.9 Å². The monoisotopic (exact) mass is 293 g/mol. The van der Waals surface area contributed by atoms with Gasteiger partial charge < -0.3 is 15.2 Å². The van der Waals surface area contributed by atoms with Gasteiger partial charge in [0.05, 0.1) is 24.3 Å². The van der Waals surface area contributed by atoms with Gasteiger partial charge in [0.25, 0.3) is 5.91 Å². The van der Waals surface area contributed by atoms with Crippen LogP contribution in [0.5, 0.6) is 0 Å². The number of carbonyl (C=O) groups is 1. The van der Waals surface area contributed by atoms with Crippen LogP contribution >= 0.6 is 0 Å². The molecular weight excluding hydrogens is 273 g/mol. The average Bonchev–Trinajstić information content (AvgIpc) is 2.38. The fourth-order valence-corrected chi connectivity index (χ4v) is 1.77. The number of methoxy groups -OCH3 is 1. The topological polar surface area (TPSA) is 58.6 Å². The summed E-state index contributed by atoms with van der Waals surface area (Å²) in [4.78, 5) is 12.1. The maximum atomic E-state index is 14.0. The maximum Gasteiger partial charge on any atom is 0.254 e. The predicted molar refractivity (Wildman–Crippen MR) is 78.4 cm³/mol. The number of aliphatic hydroxyl groups is 1. The van der Waals surface area contributed by atoms with Crippen molar-refractivity contribution in [3.05, 3.63) is 35.1 Å². The number of halogens is 1. The molecule has 0 saturated carbocycles. The van der Waals surface area contributed by atoms with Crippen molar-refractivity contribution in [2.75, 3.05) is 20.3 Å². The lowest BCUT2D eigenvalue weighted by Crippen LogP contribution is -2.47. The van der Waals surface area contributed by atoms with E-state index in [9.17, 15) is 9.18 Å². The first-order valence-corrected chi connectivity index (χ1v) is 6.60. The molecule has 4 nitrogen and oxygen atoms in total. The molecule has 114 valence electrons. The number of amides is 1. The first-order chi connectivity index (χ1) is 9.89. The highest BCUT2D eigenvalue weighted by Crippen LogP contribution is 2.12. The summed E-state index contributed by atoms with van der Waals surface area (Å²) in [5, 5.41) is 11.3. The van der Waals surface area contributed by atoms with E-state index in [0.717, 1.165) is 0 Å². The molecule has 21 heavy (non-hydrogen) atoms. The number of rotatable bonds is 5. The van der Waals surface area contributed by atoms with E-state index in [0.29, 0.717) is 18.6 Å². The Kier molecular flexibility index (Phi) is 6.35. The number of carbonyl (C=O) groups excluding carboxylic acids is 1. The van der Waals surface area contributed by atoms with Gasteiger partial charge in [0.2, 0.25) is 0 Å². The van der Waals surface area contributed by atoms with Crippen LogP contribution in [0.15, 0.2) is 18.2 Å². The van der Waals surface area contributed by atoms with Crippen molar-refractivity contribution in [3.63, 3.8) is 0 Å². The zero-order chi connectivity index (χ0) is 15.9. The number of benzene rings is 1. The van der Waals surface area contributed by atoms with Gasteiger partial charge in [0.15, 0.2) is 0 Å². The van der Waals surface area contributed by atoms with Crippen molar-refractivity contribution < 1.29 is 19.0 Å². The Morgan fingerprint density at radius 2 is 2.19 bits per heavy atom. The van der Waals surface area contributed by atoms with Gasteiger partial charge in [0.1, 0.15) is 5.82 Å². The van der Waals surface area contributed by atoms with Gasteiger partial charge in [-0.1, -0.05) is 11.8 Å². The van der Waals surface area contributed by atoms with Gasteiger partial charge in [-0.25, -0.2) is 4.39 Å². The Balaban J connectivity index is 2.85.